The van der Waals surface area contributed by atoms with Gasteiger partial charge in [-0.05, 0) is 18.2 Å². The first-order valence-electron chi connectivity index (χ1n) is 7.50. The number of carbonyl (C=O) groups is 1. The summed E-state index contributed by atoms with van der Waals surface area (Å²) in [6.45, 7) is -1.56. The van der Waals surface area contributed by atoms with Crippen LogP contribution in [-0.2, 0) is 17.8 Å². The quantitative estimate of drug-likeness (QED) is 0.743. The van der Waals surface area contributed by atoms with Crippen molar-refractivity contribution in [1.82, 2.24) is 14.8 Å². The van der Waals surface area contributed by atoms with Crippen LogP contribution < -0.4 is 10.6 Å². The third-order valence-electron chi connectivity index (χ3n) is 3.75. The van der Waals surface area contributed by atoms with Gasteiger partial charge in [-0.1, -0.05) is 11.3 Å². The molecular formula is C15H13F2N5O2S. The van der Waals surface area contributed by atoms with Crippen molar-refractivity contribution in [2.24, 2.45) is 0 Å². The summed E-state index contributed by atoms with van der Waals surface area (Å²) in [7, 11) is 0. The second kappa shape index (κ2) is 6.37. The SMILES string of the molecule is O=C(Nc1ccc2c(cnn2C(F)F)c1)Nc1nc2c(s1)COCC2. The smallest absolute Gasteiger partial charge is 0.333 e. The van der Waals surface area contributed by atoms with Crippen LogP contribution >= 0.6 is 11.3 Å². The maximum Gasteiger partial charge on any atom is 0.333 e. The molecule has 2 amide bonds. The summed E-state index contributed by atoms with van der Waals surface area (Å²) >= 11 is 1.38. The Balaban J connectivity index is 1.47. The van der Waals surface area contributed by atoms with Gasteiger partial charge < -0.3 is 10.1 Å². The average molecular weight is 365 g/mol. The van der Waals surface area contributed by atoms with Crippen LogP contribution in [0.1, 0.15) is 17.1 Å². The van der Waals surface area contributed by atoms with Crippen LogP contribution in [0.15, 0.2) is 24.4 Å². The number of hydrogen-bond acceptors (Lipinski definition) is 5. The monoisotopic (exact) mass is 365 g/mol. The van der Waals surface area contributed by atoms with Crippen molar-refractivity contribution in [2.45, 2.75) is 19.6 Å². The number of ether oxygens (including phenoxy) is 1. The van der Waals surface area contributed by atoms with Crippen LogP contribution in [0.2, 0.25) is 0 Å². The number of thiazole rings is 1. The highest BCUT2D eigenvalue weighted by molar-refractivity contribution is 7.15. The first kappa shape index (κ1) is 15.9. The van der Waals surface area contributed by atoms with Crippen molar-refractivity contribution < 1.29 is 18.3 Å². The van der Waals surface area contributed by atoms with Gasteiger partial charge in [-0.3, -0.25) is 5.32 Å². The summed E-state index contributed by atoms with van der Waals surface area (Å²) in [5.41, 5.74) is 1.73. The normalized spacial score (nSPS) is 13.9. The van der Waals surface area contributed by atoms with E-state index in [0.29, 0.717) is 39.6 Å². The fraction of sp³-hybridized carbons (Fsp3) is 0.267. The van der Waals surface area contributed by atoms with Crippen molar-refractivity contribution in [3.8, 4) is 0 Å². The van der Waals surface area contributed by atoms with Crippen molar-refractivity contribution in [3.63, 3.8) is 0 Å². The number of fused-ring (bicyclic) bond motifs is 2. The van der Waals surface area contributed by atoms with Crippen LogP contribution in [0.3, 0.4) is 0 Å². The van der Waals surface area contributed by atoms with Crippen LogP contribution in [0.25, 0.3) is 10.9 Å². The summed E-state index contributed by atoms with van der Waals surface area (Å²) in [4.78, 5) is 17.5. The lowest BCUT2D eigenvalue weighted by Gasteiger charge is -2.08. The molecule has 0 fully saturated rings. The molecule has 3 aromatic rings. The fourth-order valence-electron chi connectivity index (χ4n) is 2.62. The topological polar surface area (TPSA) is 81.1 Å². The lowest BCUT2D eigenvalue weighted by Crippen LogP contribution is -2.19. The number of hydrogen-bond donors (Lipinski definition) is 2. The van der Waals surface area contributed by atoms with Gasteiger partial charge in [0.15, 0.2) is 5.13 Å². The predicted molar refractivity (Wildman–Crippen MR) is 89.1 cm³/mol. The van der Waals surface area contributed by atoms with Crippen LogP contribution in [0, 0.1) is 0 Å². The zero-order chi connectivity index (χ0) is 17.4. The van der Waals surface area contributed by atoms with Crippen molar-refractivity contribution in [2.75, 3.05) is 17.2 Å². The first-order chi connectivity index (χ1) is 12.1. The molecule has 0 saturated heterocycles. The van der Waals surface area contributed by atoms with E-state index in [1.807, 2.05) is 0 Å². The molecule has 0 radical (unpaired) electrons. The summed E-state index contributed by atoms with van der Waals surface area (Å²) in [6, 6.07) is 4.17. The number of nitrogens with zero attached hydrogens (tertiary/aromatic N) is 3. The average Bonchev–Trinajstić information content (AvgIpc) is 3.17. The van der Waals surface area contributed by atoms with E-state index in [-0.39, 0.29) is 0 Å². The van der Waals surface area contributed by atoms with Crippen LogP contribution in [0.5, 0.6) is 0 Å². The lowest BCUT2D eigenvalue weighted by atomic mass is 10.2. The van der Waals surface area contributed by atoms with E-state index in [1.54, 1.807) is 12.1 Å². The molecule has 0 atom stereocenters. The molecule has 2 aromatic heterocycles. The molecule has 1 aliphatic rings. The summed E-state index contributed by atoms with van der Waals surface area (Å²) < 4.78 is 31.6. The highest BCUT2D eigenvalue weighted by Gasteiger charge is 2.17. The number of nitrogens with one attached hydrogen (secondary N) is 2. The second-order valence-corrected chi connectivity index (χ2v) is 6.49. The maximum atomic E-state index is 12.8. The molecule has 3 heterocycles. The molecule has 4 rings (SSSR count). The Hall–Kier alpha value is -2.59. The number of halogens is 2. The predicted octanol–water partition coefficient (Wildman–Crippen LogP) is 3.60. The Labute approximate surface area is 144 Å². The van der Waals surface area contributed by atoms with E-state index >= 15 is 0 Å². The number of carbonyl (C=O) groups excluding carboxylic acids is 1. The molecular weight excluding hydrogens is 352 g/mol. The molecule has 1 aliphatic heterocycles. The van der Waals surface area contributed by atoms with E-state index in [2.05, 4.69) is 20.7 Å². The van der Waals surface area contributed by atoms with Gasteiger partial charge in [0.25, 0.3) is 0 Å². The molecule has 7 nitrogen and oxygen atoms in total. The fourth-order valence-corrected chi connectivity index (χ4v) is 3.57. The van der Waals surface area contributed by atoms with Gasteiger partial charge >= 0.3 is 12.6 Å². The number of alkyl halides is 2. The molecule has 10 heteroatoms. The van der Waals surface area contributed by atoms with Gasteiger partial charge in [0, 0.05) is 17.5 Å². The lowest BCUT2D eigenvalue weighted by molar-refractivity contribution is 0.0615. The van der Waals surface area contributed by atoms with Gasteiger partial charge in [-0.15, -0.1) is 0 Å². The molecule has 0 bridgehead atoms. The van der Waals surface area contributed by atoms with Gasteiger partial charge in [-0.2, -0.15) is 13.9 Å². The second-order valence-electron chi connectivity index (χ2n) is 5.41. The molecule has 0 aliphatic carbocycles. The highest BCUT2D eigenvalue weighted by atomic mass is 32.1. The Morgan fingerprint density at radius 3 is 3.04 bits per heavy atom. The summed E-state index contributed by atoms with van der Waals surface area (Å²) in [5, 5.41) is 9.99. The first-order valence-corrected chi connectivity index (χ1v) is 8.31. The standard InChI is InChI=1S/C15H13F2N5O2S/c16-13(17)22-11-2-1-9(5-8(11)6-18-22)19-14(23)21-15-20-10-3-4-24-7-12(10)25-15/h1-2,5-6,13H,3-4,7H2,(H2,19,20,21,23). The minimum Gasteiger partial charge on any atom is -0.375 e. The van der Waals surface area contributed by atoms with Crippen molar-refractivity contribution in [3.05, 3.63) is 35.0 Å². The Morgan fingerprint density at radius 2 is 2.24 bits per heavy atom. The summed E-state index contributed by atoms with van der Waals surface area (Å²) in [5.74, 6) is 0. The zero-order valence-electron chi connectivity index (χ0n) is 12.8. The van der Waals surface area contributed by atoms with E-state index in [1.165, 1.54) is 23.6 Å². The largest absolute Gasteiger partial charge is 0.375 e. The Kier molecular flexibility index (Phi) is 4.06. The third kappa shape index (κ3) is 3.17. The molecule has 1 aromatic carbocycles. The Morgan fingerprint density at radius 1 is 1.36 bits per heavy atom. The molecule has 130 valence electrons. The summed E-state index contributed by atoms with van der Waals surface area (Å²) in [6.07, 6.45) is 2.07. The van der Waals surface area contributed by atoms with E-state index in [4.69, 9.17) is 4.74 Å². The molecule has 25 heavy (non-hydrogen) atoms. The van der Waals surface area contributed by atoms with Gasteiger partial charge in [-0.25, -0.2) is 14.5 Å². The molecule has 0 unspecified atom stereocenters. The molecule has 0 saturated carbocycles. The van der Waals surface area contributed by atoms with E-state index in [9.17, 15) is 13.6 Å². The number of anilines is 2. The third-order valence-corrected chi connectivity index (χ3v) is 4.74. The molecule has 0 spiro atoms. The van der Waals surface area contributed by atoms with E-state index < -0.39 is 12.6 Å². The number of aromatic nitrogens is 3. The van der Waals surface area contributed by atoms with Gasteiger partial charge in [0.05, 0.1) is 35.5 Å². The van der Waals surface area contributed by atoms with Gasteiger partial charge in [0.2, 0.25) is 0 Å². The van der Waals surface area contributed by atoms with Crippen molar-refractivity contribution in [1.29, 1.82) is 0 Å². The minimum absolute atomic E-state index is 0.300. The number of amides is 2. The van der Waals surface area contributed by atoms with Crippen molar-refractivity contribution >= 4 is 39.1 Å². The molecule has 2 N–H and O–H groups in total. The maximum absolute atomic E-state index is 12.8. The van der Waals surface area contributed by atoms with E-state index in [0.717, 1.165) is 17.0 Å². The van der Waals surface area contributed by atoms with Gasteiger partial charge in [0.1, 0.15) is 0 Å². The Bertz CT molecular complexity index is 916. The van der Waals surface area contributed by atoms with Crippen LogP contribution in [-0.4, -0.2) is 27.4 Å². The highest BCUT2D eigenvalue weighted by Crippen LogP contribution is 2.27. The number of benzene rings is 1. The number of rotatable bonds is 3. The van der Waals surface area contributed by atoms with Crippen LogP contribution in [0.4, 0.5) is 24.4 Å². The zero-order valence-corrected chi connectivity index (χ0v) is 13.6. The minimum atomic E-state index is -2.71. The number of urea groups is 1.